The predicted molar refractivity (Wildman–Crippen MR) is 88.8 cm³/mol. The van der Waals surface area contributed by atoms with Crippen molar-refractivity contribution in [3.8, 4) is 11.5 Å². The minimum Gasteiger partial charge on any atom is -0.334 e. The second-order valence-electron chi connectivity index (χ2n) is 5.85. The maximum Gasteiger partial charge on any atom is 0.260 e. The van der Waals surface area contributed by atoms with Crippen LogP contribution in [-0.2, 0) is 6.54 Å². The third-order valence-corrected chi connectivity index (χ3v) is 4.19. The Balaban J connectivity index is 0.00000192. The summed E-state index contributed by atoms with van der Waals surface area (Å²) in [6.07, 6.45) is 3.48. The Bertz CT molecular complexity index is 649. The highest BCUT2D eigenvalue weighted by Gasteiger charge is 2.23. The molecule has 3 rings (SSSR count). The molecule has 0 radical (unpaired) electrons. The van der Waals surface area contributed by atoms with E-state index in [0.717, 1.165) is 24.9 Å². The zero-order valence-electron chi connectivity index (χ0n) is 13.2. The van der Waals surface area contributed by atoms with Crippen LogP contribution in [0.5, 0.6) is 0 Å². The van der Waals surface area contributed by atoms with E-state index in [1.54, 1.807) is 12.1 Å². The van der Waals surface area contributed by atoms with E-state index in [-0.39, 0.29) is 24.1 Å². The summed E-state index contributed by atoms with van der Waals surface area (Å²) < 4.78 is 19.1. The molecule has 2 aromatic rings. The van der Waals surface area contributed by atoms with E-state index in [1.165, 1.54) is 12.5 Å². The van der Waals surface area contributed by atoms with Gasteiger partial charge in [0.2, 0.25) is 0 Å². The van der Waals surface area contributed by atoms with Crippen LogP contribution in [0.25, 0.3) is 11.5 Å². The van der Waals surface area contributed by atoms with Gasteiger partial charge in [-0.25, -0.2) is 4.39 Å². The molecule has 23 heavy (non-hydrogen) atoms. The zero-order valence-corrected chi connectivity index (χ0v) is 14.0. The van der Waals surface area contributed by atoms with Gasteiger partial charge in [0, 0.05) is 12.6 Å². The van der Waals surface area contributed by atoms with E-state index in [2.05, 4.69) is 15.0 Å². The molecule has 1 aromatic carbocycles. The van der Waals surface area contributed by atoms with Gasteiger partial charge in [-0.3, -0.25) is 4.90 Å². The summed E-state index contributed by atoms with van der Waals surface area (Å²) in [6.45, 7) is 4.13. The molecule has 1 unspecified atom stereocenters. The Kier molecular flexibility index (Phi) is 6.10. The Hall–Kier alpha value is -1.50. The van der Waals surface area contributed by atoms with E-state index in [1.807, 2.05) is 6.92 Å². The minimum absolute atomic E-state index is 0. The number of hydrogen-bond acceptors (Lipinski definition) is 5. The van der Waals surface area contributed by atoms with Crippen molar-refractivity contribution >= 4 is 12.4 Å². The number of likely N-dealkylation sites (tertiary alicyclic amines) is 1. The Morgan fingerprint density at radius 2 is 2.22 bits per heavy atom. The summed E-state index contributed by atoms with van der Waals surface area (Å²) in [5.41, 5.74) is 7.13. The molecule has 0 aliphatic carbocycles. The molecule has 1 aliphatic heterocycles. The molecule has 0 amide bonds. The van der Waals surface area contributed by atoms with Gasteiger partial charge in [0.1, 0.15) is 5.82 Å². The van der Waals surface area contributed by atoms with Crippen LogP contribution in [0, 0.1) is 12.7 Å². The molecular weight excluding hydrogens is 319 g/mol. The molecule has 1 saturated heterocycles. The first-order valence-corrected chi connectivity index (χ1v) is 7.70. The van der Waals surface area contributed by atoms with Gasteiger partial charge in [-0.05, 0) is 38.4 Å². The van der Waals surface area contributed by atoms with E-state index < -0.39 is 0 Å². The number of nitrogens with zero attached hydrogens (tertiary/aromatic N) is 3. The van der Waals surface area contributed by atoms with Crippen LogP contribution < -0.4 is 5.73 Å². The third kappa shape index (κ3) is 4.07. The number of rotatable bonds is 4. The maximum atomic E-state index is 13.9. The van der Waals surface area contributed by atoms with E-state index in [0.29, 0.717) is 30.5 Å². The predicted octanol–water partition coefficient (Wildman–Crippen LogP) is 2.92. The fourth-order valence-corrected chi connectivity index (χ4v) is 2.95. The average Bonchev–Trinajstić information content (AvgIpc) is 2.98. The maximum absolute atomic E-state index is 13.9. The van der Waals surface area contributed by atoms with Crippen molar-refractivity contribution < 1.29 is 8.91 Å². The molecule has 1 aromatic heterocycles. The third-order valence-electron chi connectivity index (χ3n) is 4.19. The van der Waals surface area contributed by atoms with Crippen molar-refractivity contribution in [2.75, 3.05) is 13.1 Å². The van der Waals surface area contributed by atoms with Crippen LogP contribution in [0.4, 0.5) is 4.39 Å². The normalized spacial score (nSPS) is 18.7. The largest absolute Gasteiger partial charge is 0.334 e. The average molecular weight is 341 g/mol. The van der Waals surface area contributed by atoms with E-state index >= 15 is 0 Å². The fraction of sp³-hybridized carbons (Fsp3) is 0.500. The van der Waals surface area contributed by atoms with Crippen molar-refractivity contribution in [2.24, 2.45) is 5.73 Å². The molecular formula is C16H22ClFN4O. The first-order valence-electron chi connectivity index (χ1n) is 7.70. The summed E-state index contributed by atoms with van der Waals surface area (Å²) in [5, 5.41) is 3.99. The highest BCUT2D eigenvalue weighted by Crippen LogP contribution is 2.23. The monoisotopic (exact) mass is 340 g/mol. The molecule has 0 saturated carbocycles. The summed E-state index contributed by atoms with van der Waals surface area (Å²) in [4.78, 5) is 6.63. The fourth-order valence-electron chi connectivity index (χ4n) is 2.95. The minimum atomic E-state index is -0.349. The van der Waals surface area contributed by atoms with Crippen LogP contribution in [0.2, 0.25) is 0 Å². The summed E-state index contributed by atoms with van der Waals surface area (Å²) >= 11 is 0. The van der Waals surface area contributed by atoms with Gasteiger partial charge in [0.25, 0.3) is 5.89 Å². The number of aromatic nitrogens is 2. The molecule has 2 N–H and O–H groups in total. The number of piperidine rings is 1. The summed E-state index contributed by atoms with van der Waals surface area (Å²) in [7, 11) is 0. The molecule has 0 spiro atoms. The number of halogens is 2. The second kappa shape index (κ2) is 7.86. The molecule has 7 heteroatoms. The lowest BCUT2D eigenvalue weighted by Gasteiger charge is -2.33. The first-order chi connectivity index (χ1) is 10.7. The molecule has 1 aliphatic rings. The van der Waals surface area contributed by atoms with Crippen LogP contribution in [0.1, 0.15) is 30.7 Å². The smallest absolute Gasteiger partial charge is 0.260 e. The number of nitrogens with two attached hydrogens (primary N) is 1. The highest BCUT2D eigenvalue weighted by atomic mass is 35.5. The lowest BCUT2D eigenvalue weighted by atomic mass is 10.0. The van der Waals surface area contributed by atoms with Crippen molar-refractivity contribution in [3.05, 3.63) is 35.4 Å². The van der Waals surface area contributed by atoms with Crippen molar-refractivity contribution in [3.63, 3.8) is 0 Å². The molecule has 5 nitrogen and oxygen atoms in total. The van der Waals surface area contributed by atoms with Crippen molar-refractivity contribution in [1.82, 2.24) is 15.0 Å². The van der Waals surface area contributed by atoms with Crippen LogP contribution in [0.3, 0.4) is 0 Å². The highest BCUT2D eigenvalue weighted by molar-refractivity contribution is 5.85. The zero-order chi connectivity index (χ0) is 15.5. The molecule has 126 valence electrons. The molecule has 1 fully saturated rings. The quantitative estimate of drug-likeness (QED) is 0.926. The van der Waals surface area contributed by atoms with E-state index in [9.17, 15) is 4.39 Å². The van der Waals surface area contributed by atoms with Gasteiger partial charge < -0.3 is 10.3 Å². The number of hydrogen-bond donors (Lipinski definition) is 1. The second-order valence-corrected chi connectivity index (χ2v) is 5.85. The first kappa shape index (κ1) is 17.8. The Labute approximate surface area is 141 Å². The van der Waals surface area contributed by atoms with Gasteiger partial charge in [-0.15, -0.1) is 12.4 Å². The summed E-state index contributed by atoms with van der Waals surface area (Å²) in [6, 6.07) is 5.22. The number of benzene rings is 1. The van der Waals surface area contributed by atoms with Gasteiger partial charge >= 0.3 is 0 Å². The van der Waals surface area contributed by atoms with Crippen molar-refractivity contribution in [1.29, 1.82) is 0 Å². The number of aryl methyl sites for hydroxylation is 1. The van der Waals surface area contributed by atoms with Crippen LogP contribution in [0.15, 0.2) is 22.7 Å². The van der Waals surface area contributed by atoms with E-state index in [4.69, 9.17) is 10.3 Å². The Morgan fingerprint density at radius 3 is 3.00 bits per heavy atom. The lowest BCUT2D eigenvalue weighted by molar-refractivity contribution is 0.140. The molecule has 0 bridgehead atoms. The van der Waals surface area contributed by atoms with Gasteiger partial charge in [-0.2, -0.15) is 4.98 Å². The summed E-state index contributed by atoms with van der Waals surface area (Å²) in [5.74, 6) is 0.465. The Morgan fingerprint density at radius 1 is 1.39 bits per heavy atom. The molecule has 2 heterocycles. The molecule has 1 atom stereocenters. The topological polar surface area (TPSA) is 68.2 Å². The van der Waals surface area contributed by atoms with Gasteiger partial charge in [0.15, 0.2) is 5.82 Å². The van der Waals surface area contributed by atoms with Crippen LogP contribution in [-0.4, -0.2) is 34.2 Å². The standard InChI is InChI=1S/C16H21FN4O.ClH/c1-11-5-6-14(17)13(8-11)16-19-15(20-22-16)10-21-7-3-2-4-12(21)9-18;/h5-6,8,12H,2-4,7,9-10,18H2,1H3;1H. The van der Waals surface area contributed by atoms with Gasteiger partial charge in [0.05, 0.1) is 12.1 Å². The SMILES string of the molecule is Cc1ccc(F)c(-c2nc(CN3CCCCC3CN)no2)c1.Cl. The lowest BCUT2D eigenvalue weighted by Crippen LogP contribution is -2.43. The van der Waals surface area contributed by atoms with Crippen LogP contribution >= 0.6 is 12.4 Å². The van der Waals surface area contributed by atoms with Crippen molar-refractivity contribution in [2.45, 2.75) is 38.8 Å². The van der Waals surface area contributed by atoms with Gasteiger partial charge in [-0.1, -0.05) is 23.2 Å².